The van der Waals surface area contributed by atoms with Crippen LogP contribution in [0.15, 0.2) is 29.3 Å². The number of aliphatic hydroxyl groups excluding tert-OH is 1. The minimum absolute atomic E-state index is 0.131. The largest absolute Gasteiger partial charge is 0.493 e. The van der Waals surface area contributed by atoms with E-state index < -0.39 is 6.10 Å². The summed E-state index contributed by atoms with van der Waals surface area (Å²) in [5, 5.41) is 19.3. The Balaban J connectivity index is 1.87. The SMILES string of the molecule is COc1ccc2c3c1O[C@@H]1C[C@@H](O)C=CC31CCN(/C(S)=N/C#N)C2. The molecule has 0 aromatic heterocycles. The molecular formula is C18H19N3O3S. The summed E-state index contributed by atoms with van der Waals surface area (Å²) in [7, 11) is 1.63. The van der Waals surface area contributed by atoms with Crippen molar-refractivity contribution in [2.45, 2.75) is 37.0 Å². The van der Waals surface area contributed by atoms with Crippen molar-refractivity contribution < 1.29 is 14.6 Å². The van der Waals surface area contributed by atoms with E-state index in [2.05, 4.69) is 23.7 Å². The van der Waals surface area contributed by atoms with E-state index in [1.54, 1.807) is 13.3 Å². The molecule has 2 heterocycles. The van der Waals surface area contributed by atoms with E-state index in [0.717, 1.165) is 23.3 Å². The highest BCUT2D eigenvalue weighted by Crippen LogP contribution is 2.55. The standard InChI is InChI=1S/C18H19N3O3S/c1-23-13-3-2-11-9-21(17(25)20-10-19)7-6-18-5-4-12(22)8-14(18)24-16(13)15(11)18/h2-5,12,14,22H,6-9H2,1H3,(H,20,25)/t12-,14+,18?/m0/s1. The van der Waals surface area contributed by atoms with Gasteiger partial charge in [-0.3, -0.25) is 0 Å². The summed E-state index contributed by atoms with van der Waals surface area (Å²) in [6.07, 6.45) is 6.46. The van der Waals surface area contributed by atoms with Crippen molar-refractivity contribution in [3.8, 4) is 17.7 Å². The highest BCUT2D eigenvalue weighted by atomic mass is 32.1. The van der Waals surface area contributed by atoms with Gasteiger partial charge in [-0.05, 0) is 18.1 Å². The summed E-state index contributed by atoms with van der Waals surface area (Å²) in [6, 6.07) is 3.94. The van der Waals surface area contributed by atoms with Gasteiger partial charge in [0.05, 0.1) is 18.6 Å². The first kappa shape index (κ1) is 16.3. The number of nitriles is 1. The van der Waals surface area contributed by atoms with Gasteiger partial charge in [-0.1, -0.05) is 18.2 Å². The molecule has 3 atom stereocenters. The number of methoxy groups -OCH3 is 1. The minimum atomic E-state index is -0.501. The number of aliphatic hydroxyl groups is 1. The molecule has 25 heavy (non-hydrogen) atoms. The van der Waals surface area contributed by atoms with E-state index in [1.165, 1.54) is 0 Å². The quantitative estimate of drug-likeness (QED) is 0.264. The lowest BCUT2D eigenvalue weighted by atomic mass is 9.69. The molecule has 0 bridgehead atoms. The number of hydrogen-bond donors (Lipinski definition) is 2. The Morgan fingerprint density at radius 1 is 1.56 bits per heavy atom. The van der Waals surface area contributed by atoms with Crippen LogP contribution in [0.1, 0.15) is 24.0 Å². The van der Waals surface area contributed by atoms with Crippen LogP contribution in [0.2, 0.25) is 0 Å². The van der Waals surface area contributed by atoms with Gasteiger partial charge in [-0.2, -0.15) is 5.26 Å². The van der Waals surface area contributed by atoms with Crippen LogP contribution in [0.4, 0.5) is 0 Å². The summed E-state index contributed by atoms with van der Waals surface area (Å²) in [4.78, 5) is 5.77. The summed E-state index contributed by atoms with van der Waals surface area (Å²) < 4.78 is 11.8. The van der Waals surface area contributed by atoms with Crippen LogP contribution in [0.3, 0.4) is 0 Å². The molecule has 1 aromatic rings. The summed E-state index contributed by atoms with van der Waals surface area (Å²) >= 11 is 4.37. The summed E-state index contributed by atoms with van der Waals surface area (Å²) in [5.74, 6) is 1.48. The topological polar surface area (TPSA) is 78.1 Å². The van der Waals surface area contributed by atoms with Gasteiger partial charge < -0.3 is 19.5 Å². The van der Waals surface area contributed by atoms with Crippen molar-refractivity contribution >= 4 is 17.8 Å². The van der Waals surface area contributed by atoms with Crippen molar-refractivity contribution in [2.24, 2.45) is 4.99 Å². The van der Waals surface area contributed by atoms with E-state index in [1.807, 2.05) is 23.1 Å². The molecule has 1 aliphatic carbocycles. The van der Waals surface area contributed by atoms with Gasteiger partial charge in [-0.25, -0.2) is 0 Å². The molecule has 2 aliphatic heterocycles. The van der Waals surface area contributed by atoms with Crippen molar-refractivity contribution in [3.05, 3.63) is 35.4 Å². The fraction of sp³-hybridized carbons (Fsp3) is 0.444. The number of amidine groups is 1. The van der Waals surface area contributed by atoms with Crippen molar-refractivity contribution in [2.75, 3.05) is 13.7 Å². The molecule has 0 amide bonds. The van der Waals surface area contributed by atoms with Crippen LogP contribution in [-0.2, 0) is 12.0 Å². The number of thiol groups is 1. The lowest BCUT2D eigenvalue weighted by Gasteiger charge is -2.35. The lowest BCUT2D eigenvalue weighted by Crippen LogP contribution is -2.43. The van der Waals surface area contributed by atoms with Crippen molar-refractivity contribution in [1.82, 2.24) is 4.90 Å². The van der Waals surface area contributed by atoms with Gasteiger partial charge in [0, 0.05) is 25.1 Å². The molecule has 1 spiro atoms. The van der Waals surface area contributed by atoms with Gasteiger partial charge in [-0.15, -0.1) is 17.6 Å². The second-order valence-electron chi connectivity index (χ2n) is 6.62. The fourth-order valence-corrected chi connectivity index (χ4v) is 4.44. The van der Waals surface area contributed by atoms with Crippen molar-refractivity contribution in [3.63, 3.8) is 0 Å². The van der Waals surface area contributed by atoms with Crippen LogP contribution < -0.4 is 9.47 Å². The summed E-state index contributed by atoms with van der Waals surface area (Å²) in [6.45, 7) is 1.30. The lowest BCUT2D eigenvalue weighted by molar-refractivity contribution is 0.0834. The Kier molecular flexibility index (Phi) is 3.89. The molecule has 1 N–H and O–H groups in total. The Labute approximate surface area is 151 Å². The molecular weight excluding hydrogens is 338 g/mol. The van der Waals surface area contributed by atoms with E-state index in [-0.39, 0.29) is 11.5 Å². The molecule has 0 saturated carbocycles. The highest BCUT2D eigenvalue weighted by Gasteiger charge is 2.52. The monoisotopic (exact) mass is 357 g/mol. The molecule has 0 radical (unpaired) electrons. The molecule has 0 saturated heterocycles. The second kappa shape index (κ2) is 5.97. The highest BCUT2D eigenvalue weighted by molar-refractivity contribution is 7.96. The normalized spacial score (nSPS) is 30.0. The molecule has 6 nitrogen and oxygen atoms in total. The molecule has 1 aromatic carbocycles. The van der Waals surface area contributed by atoms with Crippen LogP contribution in [-0.4, -0.2) is 41.0 Å². The maximum atomic E-state index is 10.1. The third-order valence-electron chi connectivity index (χ3n) is 5.39. The number of rotatable bonds is 1. The fourth-order valence-electron chi connectivity index (χ4n) is 4.22. The second-order valence-corrected chi connectivity index (χ2v) is 7.02. The third kappa shape index (κ3) is 2.40. The van der Waals surface area contributed by atoms with Crippen LogP contribution in [0.25, 0.3) is 0 Å². The average Bonchev–Trinajstić information content (AvgIpc) is 2.83. The molecule has 4 rings (SSSR count). The molecule has 7 heteroatoms. The predicted octanol–water partition coefficient (Wildman–Crippen LogP) is 1.99. The first-order valence-electron chi connectivity index (χ1n) is 8.24. The number of ether oxygens (including phenoxy) is 2. The number of hydrogen-bond acceptors (Lipinski definition) is 5. The summed E-state index contributed by atoms with van der Waals surface area (Å²) in [5.41, 5.74) is 1.94. The van der Waals surface area contributed by atoms with Gasteiger partial charge in [0.25, 0.3) is 0 Å². The molecule has 3 aliphatic rings. The molecule has 130 valence electrons. The Hall–Kier alpha value is -2.17. The average molecular weight is 357 g/mol. The Morgan fingerprint density at radius 3 is 3.16 bits per heavy atom. The van der Waals surface area contributed by atoms with Gasteiger partial charge in [0.15, 0.2) is 16.7 Å². The van der Waals surface area contributed by atoms with Crippen molar-refractivity contribution in [1.29, 1.82) is 5.26 Å². The first-order chi connectivity index (χ1) is 12.1. The van der Waals surface area contributed by atoms with Gasteiger partial charge in [0.2, 0.25) is 6.19 Å². The molecule has 0 fully saturated rings. The van der Waals surface area contributed by atoms with E-state index in [9.17, 15) is 5.11 Å². The molecule has 1 unspecified atom stereocenters. The van der Waals surface area contributed by atoms with E-state index in [4.69, 9.17) is 14.7 Å². The van der Waals surface area contributed by atoms with Crippen LogP contribution in [0, 0.1) is 11.5 Å². The maximum Gasteiger partial charge on any atom is 0.208 e. The number of benzene rings is 1. The van der Waals surface area contributed by atoms with Gasteiger partial charge in [0.1, 0.15) is 6.10 Å². The third-order valence-corrected chi connectivity index (χ3v) is 5.77. The number of nitrogens with zero attached hydrogens (tertiary/aromatic N) is 3. The Morgan fingerprint density at radius 2 is 2.40 bits per heavy atom. The van der Waals surface area contributed by atoms with Crippen LogP contribution >= 0.6 is 12.6 Å². The smallest absolute Gasteiger partial charge is 0.208 e. The zero-order valence-electron chi connectivity index (χ0n) is 13.8. The van der Waals surface area contributed by atoms with Gasteiger partial charge >= 0.3 is 0 Å². The van der Waals surface area contributed by atoms with Crippen LogP contribution in [0.5, 0.6) is 11.5 Å². The number of aliphatic imine (C=N–C) groups is 1. The minimum Gasteiger partial charge on any atom is -0.493 e. The maximum absolute atomic E-state index is 10.1. The predicted molar refractivity (Wildman–Crippen MR) is 95.9 cm³/mol. The zero-order valence-corrected chi connectivity index (χ0v) is 14.7. The first-order valence-corrected chi connectivity index (χ1v) is 8.69. The zero-order chi connectivity index (χ0) is 17.6. The van der Waals surface area contributed by atoms with E-state index in [0.29, 0.717) is 30.4 Å². The van der Waals surface area contributed by atoms with E-state index >= 15 is 0 Å². The Bertz CT molecular complexity index is 817.